The minimum Gasteiger partial charge on any atom is -0.334 e. The van der Waals surface area contributed by atoms with Gasteiger partial charge in [0.05, 0.1) is 22.1 Å². The van der Waals surface area contributed by atoms with Crippen LogP contribution in [-0.4, -0.2) is 49.8 Å². The van der Waals surface area contributed by atoms with Crippen LogP contribution in [0.2, 0.25) is 0 Å². The Balaban J connectivity index is 1.55. The standard InChI is InChI=1S/C20H19F3N4O3S/c21-20(22,23)17-3-1-2-16(12-17)14-25-19(28)26-8-10-27(11-9-26)31(29,30)18-6-4-15(13-24)5-7-18/h1-7,12H,8-11,14H2,(H,25,28). The van der Waals surface area contributed by atoms with Crippen molar-refractivity contribution >= 4 is 16.1 Å². The highest BCUT2D eigenvalue weighted by Gasteiger charge is 2.31. The van der Waals surface area contributed by atoms with E-state index < -0.39 is 27.8 Å². The number of nitriles is 1. The molecule has 0 atom stereocenters. The third kappa shape index (κ3) is 5.34. The summed E-state index contributed by atoms with van der Waals surface area (Å²) < 4.78 is 65.1. The van der Waals surface area contributed by atoms with Gasteiger partial charge in [0.15, 0.2) is 0 Å². The largest absolute Gasteiger partial charge is 0.416 e. The van der Waals surface area contributed by atoms with Crippen molar-refractivity contribution in [2.24, 2.45) is 0 Å². The summed E-state index contributed by atoms with van der Waals surface area (Å²) in [4.78, 5) is 13.8. The van der Waals surface area contributed by atoms with Crippen molar-refractivity contribution < 1.29 is 26.4 Å². The van der Waals surface area contributed by atoms with Gasteiger partial charge < -0.3 is 10.2 Å². The fourth-order valence-corrected chi connectivity index (χ4v) is 4.55. The number of urea groups is 1. The summed E-state index contributed by atoms with van der Waals surface area (Å²) in [5, 5.41) is 11.4. The molecule has 1 heterocycles. The minimum absolute atomic E-state index is 0.0638. The Kier molecular flexibility index (Phi) is 6.52. The van der Waals surface area contributed by atoms with Crippen molar-refractivity contribution in [2.75, 3.05) is 26.2 Å². The van der Waals surface area contributed by atoms with E-state index in [2.05, 4.69) is 5.32 Å². The Bertz CT molecular complexity index is 1090. The first-order valence-electron chi connectivity index (χ1n) is 9.30. The van der Waals surface area contributed by atoms with Gasteiger partial charge in [-0.2, -0.15) is 22.7 Å². The Labute approximate surface area is 177 Å². The van der Waals surface area contributed by atoms with Gasteiger partial charge in [0.2, 0.25) is 10.0 Å². The van der Waals surface area contributed by atoms with E-state index in [0.717, 1.165) is 12.1 Å². The number of carbonyl (C=O) groups is 1. The fourth-order valence-electron chi connectivity index (χ4n) is 3.13. The van der Waals surface area contributed by atoms with E-state index in [1.807, 2.05) is 6.07 Å². The van der Waals surface area contributed by atoms with Crippen LogP contribution in [-0.2, 0) is 22.7 Å². The molecule has 2 amide bonds. The second kappa shape index (κ2) is 8.95. The number of alkyl halides is 3. The van der Waals surface area contributed by atoms with Gasteiger partial charge in [0.25, 0.3) is 0 Å². The predicted octanol–water partition coefficient (Wildman–Crippen LogP) is 2.79. The Hall–Kier alpha value is -3.10. The van der Waals surface area contributed by atoms with Crippen LogP contribution < -0.4 is 5.32 Å². The minimum atomic E-state index is -4.46. The maximum atomic E-state index is 12.8. The lowest BCUT2D eigenvalue weighted by Crippen LogP contribution is -2.52. The molecule has 0 aromatic heterocycles. The molecule has 2 aromatic rings. The van der Waals surface area contributed by atoms with E-state index in [4.69, 9.17) is 5.26 Å². The average Bonchev–Trinajstić information content (AvgIpc) is 2.77. The summed E-state index contributed by atoms with van der Waals surface area (Å²) in [6, 6.07) is 11.7. The fraction of sp³-hybridized carbons (Fsp3) is 0.300. The molecule has 7 nitrogen and oxygen atoms in total. The summed E-state index contributed by atoms with van der Waals surface area (Å²) in [5.41, 5.74) is -0.132. The van der Waals surface area contributed by atoms with Crippen molar-refractivity contribution in [3.05, 3.63) is 65.2 Å². The Morgan fingerprint density at radius 2 is 1.71 bits per heavy atom. The summed E-state index contributed by atoms with van der Waals surface area (Å²) in [6.07, 6.45) is -4.46. The van der Waals surface area contributed by atoms with Crippen LogP contribution >= 0.6 is 0 Å². The maximum Gasteiger partial charge on any atom is 0.416 e. The predicted molar refractivity (Wildman–Crippen MR) is 105 cm³/mol. The molecule has 0 saturated carbocycles. The number of halogens is 3. The SMILES string of the molecule is N#Cc1ccc(S(=O)(=O)N2CCN(C(=O)NCc3cccc(C(F)(F)F)c3)CC2)cc1. The lowest BCUT2D eigenvalue weighted by Gasteiger charge is -2.34. The number of nitrogens with one attached hydrogen (secondary N) is 1. The first-order chi connectivity index (χ1) is 14.6. The van der Waals surface area contributed by atoms with Crippen LogP contribution in [0.3, 0.4) is 0 Å². The van der Waals surface area contributed by atoms with Gasteiger partial charge >= 0.3 is 12.2 Å². The molecule has 0 radical (unpaired) electrons. The first-order valence-corrected chi connectivity index (χ1v) is 10.7. The van der Waals surface area contributed by atoms with E-state index >= 15 is 0 Å². The molecule has 0 spiro atoms. The number of hydrogen-bond acceptors (Lipinski definition) is 4. The van der Waals surface area contributed by atoms with Gasteiger partial charge in [-0.15, -0.1) is 0 Å². The molecule has 1 fully saturated rings. The average molecular weight is 452 g/mol. The molecule has 0 aliphatic carbocycles. The van der Waals surface area contributed by atoms with Crippen molar-refractivity contribution in [1.29, 1.82) is 5.26 Å². The zero-order valence-corrected chi connectivity index (χ0v) is 17.1. The lowest BCUT2D eigenvalue weighted by molar-refractivity contribution is -0.137. The van der Waals surface area contributed by atoms with Gasteiger partial charge in [-0.25, -0.2) is 13.2 Å². The quantitative estimate of drug-likeness (QED) is 0.772. The van der Waals surface area contributed by atoms with Gasteiger partial charge in [-0.1, -0.05) is 12.1 Å². The van der Waals surface area contributed by atoms with Gasteiger partial charge in [0.1, 0.15) is 0 Å². The summed E-state index contributed by atoms with van der Waals surface area (Å²) in [5.74, 6) is 0. The number of benzene rings is 2. The van der Waals surface area contributed by atoms with Gasteiger partial charge in [0, 0.05) is 32.7 Å². The second-order valence-corrected chi connectivity index (χ2v) is 8.82. The topological polar surface area (TPSA) is 93.5 Å². The molecule has 3 rings (SSSR count). The van der Waals surface area contributed by atoms with Gasteiger partial charge in [-0.05, 0) is 42.0 Å². The molecule has 1 saturated heterocycles. The number of hydrogen-bond donors (Lipinski definition) is 1. The van der Waals surface area contributed by atoms with Crippen LogP contribution in [0.15, 0.2) is 53.4 Å². The molecular formula is C20H19F3N4O3S. The molecule has 2 aromatic carbocycles. The van der Waals surface area contributed by atoms with Crippen LogP contribution in [0.5, 0.6) is 0 Å². The Morgan fingerprint density at radius 3 is 2.29 bits per heavy atom. The maximum absolute atomic E-state index is 12.8. The second-order valence-electron chi connectivity index (χ2n) is 6.88. The van der Waals surface area contributed by atoms with Crippen molar-refractivity contribution in [3.8, 4) is 6.07 Å². The van der Waals surface area contributed by atoms with Crippen LogP contribution in [0.4, 0.5) is 18.0 Å². The summed E-state index contributed by atoms with van der Waals surface area (Å²) >= 11 is 0. The molecule has 31 heavy (non-hydrogen) atoms. The zero-order valence-electron chi connectivity index (χ0n) is 16.3. The van der Waals surface area contributed by atoms with E-state index in [-0.39, 0.29) is 37.6 Å². The molecule has 0 bridgehead atoms. The third-order valence-electron chi connectivity index (χ3n) is 4.85. The van der Waals surface area contributed by atoms with Crippen molar-refractivity contribution in [2.45, 2.75) is 17.6 Å². The summed E-state index contributed by atoms with van der Waals surface area (Å²) in [7, 11) is -3.75. The third-order valence-corrected chi connectivity index (χ3v) is 6.76. The molecule has 1 N–H and O–H groups in total. The van der Waals surface area contributed by atoms with E-state index in [1.54, 1.807) is 0 Å². The van der Waals surface area contributed by atoms with Crippen molar-refractivity contribution in [1.82, 2.24) is 14.5 Å². The highest BCUT2D eigenvalue weighted by atomic mass is 32.2. The number of sulfonamides is 1. The van der Waals surface area contributed by atoms with Gasteiger partial charge in [-0.3, -0.25) is 0 Å². The number of nitrogens with zero attached hydrogens (tertiary/aromatic N) is 3. The number of carbonyl (C=O) groups excluding carboxylic acids is 1. The molecule has 0 unspecified atom stereocenters. The van der Waals surface area contributed by atoms with E-state index in [0.29, 0.717) is 11.1 Å². The molecule has 164 valence electrons. The van der Waals surface area contributed by atoms with Crippen molar-refractivity contribution in [3.63, 3.8) is 0 Å². The summed E-state index contributed by atoms with van der Waals surface area (Å²) in [6.45, 7) is 0.374. The lowest BCUT2D eigenvalue weighted by atomic mass is 10.1. The molecule has 11 heteroatoms. The molecule has 1 aliphatic heterocycles. The van der Waals surface area contributed by atoms with E-state index in [1.165, 1.54) is 45.6 Å². The molecule has 1 aliphatic rings. The monoisotopic (exact) mass is 452 g/mol. The van der Waals surface area contributed by atoms with E-state index in [9.17, 15) is 26.4 Å². The van der Waals surface area contributed by atoms with Crippen LogP contribution in [0.1, 0.15) is 16.7 Å². The zero-order chi connectivity index (χ0) is 22.6. The van der Waals surface area contributed by atoms with Crippen LogP contribution in [0, 0.1) is 11.3 Å². The Morgan fingerprint density at radius 1 is 1.06 bits per heavy atom. The highest BCUT2D eigenvalue weighted by Crippen LogP contribution is 2.29. The number of rotatable bonds is 4. The number of piperazine rings is 1. The number of amides is 2. The highest BCUT2D eigenvalue weighted by molar-refractivity contribution is 7.89. The van der Waals surface area contributed by atoms with Crippen LogP contribution in [0.25, 0.3) is 0 Å². The smallest absolute Gasteiger partial charge is 0.334 e. The molecular weight excluding hydrogens is 433 g/mol. The first kappa shape index (κ1) is 22.6. The normalized spacial score (nSPS) is 15.4.